The molecule has 2 aromatic carbocycles. The topological polar surface area (TPSA) is 78.1 Å². The van der Waals surface area contributed by atoms with E-state index in [1.807, 2.05) is 79.7 Å². The summed E-state index contributed by atoms with van der Waals surface area (Å²) in [4.78, 5) is 15.6. The Morgan fingerprint density at radius 1 is 0.824 bits per heavy atom. The molecule has 0 unspecified atom stereocenters. The first-order valence-corrected chi connectivity index (χ1v) is 10.8. The molecule has 0 aliphatic heterocycles. The molecule has 7 heteroatoms. The summed E-state index contributed by atoms with van der Waals surface area (Å²) in [5.41, 5.74) is 5.44. The van der Waals surface area contributed by atoms with Crippen LogP contribution in [0.25, 0.3) is 22.6 Å². The summed E-state index contributed by atoms with van der Waals surface area (Å²) in [5, 5.41) is 13.5. The average molecular weight is 501 g/mol. The molecule has 0 radical (unpaired) electrons. The van der Waals surface area contributed by atoms with E-state index in [2.05, 4.69) is 19.9 Å². The van der Waals surface area contributed by atoms with Crippen molar-refractivity contribution in [2.45, 2.75) is 26.6 Å². The number of benzene rings is 2. The summed E-state index contributed by atoms with van der Waals surface area (Å²) >= 11 is 0. The van der Waals surface area contributed by atoms with E-state index in [1.54, 1.807) is 12.4 Å². The molecule has 0 saturated carbocycles. The van der Waals surface area contributed by atoms with E-state index in [4.69, 9.17) is 4.42 Å². The number of aromatic nitrogens is 3. The number of oxazole rings is 1. The summed E-state index contributed by atoms with van der Waals surface area (Å²) in [6, 6.07) is 23.0. The van der Waals surface area contributed by atoms with Gasteiger partial charge in [0.2, 0.25) is 5.89 Å². The number of aryl methyl sites for hydroxylation is 1. The number of fused-ring (bicyclic) bond motifs is 1. The molecule has 0 bridgehead atoms. The maximum absolute atomic E-state index is 13.5. The van der Waals surface area contributed by atoms with Crippen LogP contribution in [-0.2, 0) is 39.1 Å². The predicted molar refractivity (Wildman–Crippen MR) is 125 cm³/mol. The standard InChI is InChI=1S/C27H24N4O2.Zn/c1-19-14-20(26(32)23(15-19)27-30-24-10-2-3-11-25(24)33-27)16-31(17-21-8-4-6-12-28-21)18-22-9-5-7-13-29-22;/h2-15,32H,16-18H2,1H3;/q;+2/p-1. The molecule has 34 heavy (non-hydrogen) atoms. The molecule has 0 amide bonds. The van der Waals surface area contributed by atoms with Gasteiger partial charge in [0.25, 0.3) is 0 Å². The maximum Gasteiger partial charge on any atom is 2.00 e. The van der Waals surface area contributed by atoms with Crippen molar-refractivity contribution in [1.29, 1.82) is 0 Å². The minimum atomic E-state index is -0.0702. The molecule has 0 aliphatic carbocycles. The molecule has 3 aromatic heterocycles. The number of hydrogen-bond acceptors (Lipinski definition) is 6. The molecule has 0 fully saturated rings. The summed E-state index contributed by atoms with van der Waals surface area (Å²) in [5.74, 6) is 0.284. The fourth-order valence-corrected chi connectivity index (χ4v) is 3.96. The number of pyridine rings is 2. The number of hydrogen-bond donors (Lipinski definition) is 0. The Morgan fingerprint density at radius 3 is 2.09 bits per heavy atom. The van der Waals surface area contributed by atoms with Crippen molar-refractivity contribution in [3.63, 3.8) is 0 Å². The zero-order valence-corrected chi connectivity index (χ0v) is 22.0. The molecule has 0 saturated heterocycles. The Labute approximate surface area is 211 Å². The van der Waals surface area contributed by atoms with Crippen LogP contribution in [0.2, 0.25) is 0 Å². The van der Waals surface area contributed by atoms with Crippen molar-refractivity contribution >= 4 is 11.1 Å². The van der Waals surface area contributed by atoms with Crippen LogP contribution >= 0.6 is 0 Å². The van der Waals surface area contributed by atoms with Gasteiger partial charge in [-0.15, -0.1) is 0 Å². The van der Waals surface area contributed by atoms with Crippen LogP contribution in [0.4, 0.5) is 0 Å². The average Bonchev–Trinajstić information content (AvgIpc) is 3.26. The molecule has 0 N–H and O–H groups in total. The Bertz CT molecular complexity index is 1300. The van der Waals surface area contributed by atoms with Gasteiger partial charge >= 0.3 is 19.5 Å². The van der Waals surface area contributed by atoms with Crippen LogP contribution in [0.5, 0.6) is 5.75 Å². The van der Waals surface area contributed by atoms with Crippen LogP contribution < -0.4 is 5.11 Å². The van der Waals surface area contributed by atoms with Crippen molar-refractivity contribution < 1.29 is 29.0 Å². The number of para-hydroxylation sites is 2. The first-order chi connectivity index (χ1) is 16.2. The van der Waals surface area contributed by atoms with Gasteiger partial charge in [-0.05, 0) is 55.0 Å². The first kappa shape index (κ1) is 23.7. The van der Waals surface area contributed by atoms with E-state index >= 15 is 0 Å². The van der Waals surface area contributed by atoms with Gasteiger partial charge in [0.05, 0.1) is 11.4 Å². The van der Waals surface area contributed by atoms with Gasteiger partial charge in [0.15, 0.2) is 5.58 Å². The third-order valence-electron chi connectivity index (χ3n) is 5.45. The van der Waals surface area contributed by atoms with E-state index in [0.717, 1.165) is 22.5 Å². The van der Waals surface area contributed by atoms with E-state index in [9.17, 15) is 5.11 Å². The first-order valence-electron chi connectivity index (χ1n) is 10.8. The number of nitrogens with zero attached hydrogens (tertiary/aromatic N) is 4. The molecule has 0 atom stereocenters. The second-order valence-corrected chi connectivity index (χ2v) is 8.07. The number of rotatable bonds is 7. The van der Waals surface area contributed by atoms with Crippen LogP contribution in [-0.4, -0.2) is 19.9 Å². The summed E-state index contributed by atoms with van der Waals surface area (Å²) in [6.45, 7) is 3.64. The molecular formula is C27H23N4O2Zn+. The summed E-state index contributed by atoms with van der Waals surface area (Å²) in [7, 11) is 0. The largest absolute Gasteiger partial charge is 2.00 e. The zero-order valence-electron chi connectivity index (χ0n) is 19.0. The smallest absolute Gasteiger partial charge is 0.872 e. The van der Waals surface area contributed by atoms with Gasteiger partial charge < -0.3 is 9.52 Å². The molecule has 3 heterocycles. The van der Waals surface area contributed by atoms with E-state index in [1.165, 1.54) is 0 Å². The minimum Gasteiger partial charge on any atom is -0.872 e. The van der Waals surface area contributed by atoms with Crippen molar-refractivity contribution in [2.24, 2.45) is 0 Å². The fraction of sp³-hybridized carbons (Fsp3) is 0.148. The van der Waals surface area contributed by atoms with Gasteiger partial charge in [-0.3, -0.25) is 14.9 Å². The van der Waals surface area contributed by atoms with Gasteiger partial charge in [-0.1, -0.05) is 41.6 Å². The Kier molecular flexibility index (Phi) is 7.46. The van der Waals surface area contributed by atoms with E-state index < -0.39 is 0 Å². The Hall–Kier alpha value is -3.41. The Morgan fingerprint density at radius 2 is 1.47 bits per heavy atom. The quantitative estimate of drug-likeness (QED) is 0.297. The van der Waals surface area contributed by atoms with Crippen molar-refractivity contribution in [3.8, 4) is 17.2 Å². The predicted octanol–water partition coefficient (Wildman–Crippen LogP) is 4.87. The van der Waals surface area contributed by atoms with Gasteiger partial charge in [-0.2, -0.15) is 0 Å². The third-order valence-corrected chi connectivity index (χ3v) is 5.45. The zero-order chi connectivity index (χ0) is 22.6. The van der Waals surface area contributed by atoms with Gasteiger partial charge in [0.1, 0.15) is 5.52 Å². The van der Waals surface area contributed by atoms with Crippen molar-refractivity contribution in [1.82, 2.24) is 19.9 Å². The molecular weight excluding hydrogens is 478 g/mol. The van der Waals surface area contributed by atoms with Crippen LogP contribution in [0.15, 0.2) is 89.6 Å². The van der Waals surface area contributed by atoms with E-state index in [-0.39, 0.29) is 25.2 Å². The SMILES string of the molecule is Cc1cc(CN(Cc2ccccn2)Cc2ccccn2)c([O-])c(-c2nc3ccccc3o2)c1.[Zn+2]. The second-order valence-electron chi connectivity index (χ2n) is 8.07. The maximum atomic E-state index is 13.5. The van der Waals surface area contributed by atoms with Crippen LogP contribution in [0.3, 0.4) is 0 Å². The molecule has 5 aromatic rings. The van der Waals surface area contributed by atoms with Crippen molar-refractivity contribution in [3.05, 3.63) is 108 Å². The monoisotopic (exact) mass is 499 g/mol. The molecule has 0 spiro atoms. The van der Waals surface area contributed by atoms with E-state index in [0.29, 0.717) is 42.2 Å². The second kappa shape index (κ2) is 10.7. The molecule has 5 rings (SSSR count). The van der Waals surface area contributed by atoms with Crippen molar-refractivity contribution in [2.75, 3.05) is 0 Å². The van der Waals surface area contributed by atoms with Gasteiger partial charge in [-0.25, -0.2) is 4.98 Å². The Balaban J connectivity index is 0.00000274. The summed E-state index contributed by atoms with van der Waals surface area (Å²) < 4.78 is 5.90. The van der Waals surface area contributed by atoms with Crippen LogP contribution in [0, 0.1) is 6.92 Å². The van der Waals surface area contributed by atoms with Crippen LogP contribution in [0.1, 0.15) is 22.5 Å². The normalized spacial score (nSPS) is 11.0. The summed E-state index contributed by atoms with van der Waals surface area (Å²) in [6.07, 6.45) is 3.57. The third kappa shape index (κ3) is 5.38. The molecule has 0 aliphatic rings. The van der Waals surface area contributed by atoms with Gasteiger partial charge in [0, 0.05) is 37.6 Å². The molecule has 6 nitrogen and oxygen atoms in total. The molecule has 164 valence electrons. The fourth-order valence-electron chi connectivity index (χ4n) is 3.96. The minimum absolute atomic E-state index is 0.